The summed E-state index contributed by atoms with van der Waals surface area (Å²) in [4.78, 5) is 19.2. The zero-order valence-electron chi connectivity index (χ0n) is 16.7. The van der Waals surface area contributed by atoms with Crippen molar-refractivity contribution in [2.24, 2.45) is 0 Å². The minimum Gasteiger partial charge on any atom is -0.372 e. The Labute approximate surface area is 172 Å². The molecule has 3 rings (SSSR count). The number of carbonyl (C=O) groups is 1. The normalized spacial score (nSPS) is 14.8. The van der Waals surface area contributed by atoms with Gasteiger partial charge in [0.15, 0.2) is 0 Å². The van der Waals surface area contributed by atoms with Gasteiger partial charge in [0.1, 0.15) is 0 Å². The highest BCUT2D eigenvalue weighted by atomic mass is 35.5. The lowest BCUT2D eigenvalue weighted by molar-refractivity contribution is -0.117. The van der Waals surface area contributed by atoms with Gasteiger partial charge < -0.3 is 15.1 Å². The van der Waals surface area contributed by atoms with E-state index in [4.69, 9.17) is 11.6 Å². The smallest absolute Gasteiger partial charge is 0.238 e. The van der Waals surface area contributed by atoms with E-state index < -0.39 is 0 Å². The van der Waals surface area contributed by atoms with E-state index in [-0.39, 0.29) is 5.91 Å². The molecule has 1 heterocycles. The van der Waals surface area contributed by atoms with Gasteiger partial charge in [-0.15, -0.1) is 0 Å². The largest absolute Gasteiger partial charge is 0.372 e. The highest BCUT2D eigenvalue weighted by Gasteiger charge is 2.19. The van der Waals surface area contributed by atoms with Crippen LogP contribution < -0.4 is 15.1 Å². The molecule has 5 nitrogen and oxygen atoms in total. The molecule has 0 atom stereocenters. The molecule has 0 bridgehead atoms. The Bertz CT molecular complexity index is 751. The second-order valence-electron chi connectivity index (χ2n) is 7.01. The number of anilines is 3. The molecule has 0 saturated carbocycles. The molecule has 1 aliphatic heterocycles. The van der Waals surface area contributed by atoms with Gasteiger partial charge in [0, 0.05) is 61.4 Å². The first-order valence-electron chi connectivity index (χ1n) is 9.96. The Morgan fingerprint density at radius 2 is 1.57 bits per heavy atom. The third kappa shape index (κ3) is 5.40. The van der Waals surface area contributed by atoms with Crippen molar-refractivity contribution >= 4 is 34.6 Å². The standard InChI is InChI=1S/C22H29ClN4O/c1-3-26(4-2)20-11-7-19(8-12-20)24-22(28)17-25-13-15-27(16-14-25)21-9-5-18(23)6-10-21/h5-12H,3-4,13-17H2,1-2H3,(H,24,28). The number of hydrogen-bond acceptors (Lipinski definition) is 4. The summed E-state index contributed by atoms with van der Waals surface area (Å²) in [6.07, 6.45) is 0. The molecule has 1 amide bonds. The first kappa shape index (κ1) is 20.5. The van der Waals surface area contributed by atoms with Crippen molar-refractivity contribution in [2.45, 2.75) is 13.8 Å². The van der Waals surface area contributed by atoms with Gasteiger partial charge in [0.05, 0.1) is 6.54 Å². The molecular weight excluding hydrogens is 372 g/mol. The summed E-state index contributed by atoms with van der Waals surface area (Å²) in [6, 6.07) is 16.0. The summed E-state index contributed by atoms with van der Waals surface area (Å²) in [5, 5.41) is 3.77. The number of benzene rings is 2. The molecule has 1 fully saturated rings. The maximum Gasteiger partial charge on any atom is 0.238 e. The molecule has 6 heteroatoms. The average Bonchev–Trinajstić information content (AvgIpc) is 2.71. The lowest BCUT2D eigenvalue weighted by atomic mass is 10.2. The Kier molecular flexibility index (Phi) is 7.18. The van der Waals surface area contributed by atoms with Crippen molar-refractivity contribution in [3.8, 4) is 0 Å². The Balaban J connectivity index is 1.46. The first-order chi connectivity index (χ1) is 13.6. The van der Waals surface area contributed by atoms with Gasteiger partial charge >= 0.3 is 0 Å². The quantitative estimate of drug-likeness (QED) is 0.763. The molecule has 2 aromatic carbocycles. The number of amides is 1. The fraction of sp³-hybridized carbons (Fsp3) is 0.409. The molecule has 150 valence electrons. The van der Waals surface area contributed by atoms with Crippen molar-refractivity contribution in [1.29, 1.82) is 0 Å². The third-order valence-corrected chi connectivity index (χ3v) is 5.46. The minimum atomic E-state index is 0.0375. The summed E-state index contributed by atoms with van der Waals surface area (Å²) < 4.78 is 0. The van der Waals surface area contributed by atoms with Crippen molar-refractivity contribution < 1.29 is 4.79 Å². The van der Waals surface area contributed by atoms with Crippen LogP contribution in [0.25, 0.3) is 0 Å². The van der Waals surface area contributed by atoms with Crippen LogP contribution in [0.15, 0.2) is 48.5 Å². The van der Waals surface area contributed by atoms with Crippen LogP contribution in [0.1, 0.15) is 13.8 Å². The van der Waals surface area contributed by atoms with E-state index in [1.807, 2.05) is 36.4 Å². The van der Waals surface area contributed by atoms with E-state index in [9.17, 15) is 4.79 Å². The SMILES string of the molecule is CCN(CC)c1ccc(NC(=O)CN2CCN(c3ccc(Cl)cc3)CC2)cc1. The van der Waals surface area contributed by atoms with Crippen LogP contribution in [0.4, 0.5) is 17.1 Å². The van der Waals surface area contributed by atoms with E-state index in [2.05, 4.69) is 46.0 Å². The number of rotatable bonds is 7. The van der Waals surface area contributed by atoms with Gasteiger partial charge in [-0.1, -0.05) is 11.6 Å². The molecule has 2 aromatic rings. The summed E-state index contributed by atoms with van der Waals surface area (Å²) in [5.74, 6) is 0.0375. The Morgan fingerprint density at radius 1 is 0.964 bits per heavy atom. The molecule has 1 N–H and O–H groups in total. The lowest BCUT2D eigenvalue weighted by Crippen LogP contribution is -2.48. The van der Waals surface area contributed by atoms with Crippen molar-refractivity contribution in [3.05, 3.63) is 53.6 Å². The predicted molar refractivity (Wildman–Crippen MR) is 119 cm³/mol. The van der Waals surface area contributed by atoms with E-state index in [0.29, 0.717) is 6.54 Å². The number of nitrogens with zero attached hydrogens (tertiary/aromatic N) is 3. The molecular formula is C22H29ClN4O. The van der Waals surface area contributed by atoms with E-state index in [1.54, 1.807) is 0 Å². The predicted octanol–water partition coefficient (Wildman–Crippen LogP) is 3.95. The fourth-order valence-electron chi connectivity index (χ4n) is 3.56. The van der Waals surface area contributed by atoms with Gasteiger partial charge in [0.25, 0.3) is 0 Å². The van der Waals surface area contributed by atoms with Gasteiger partial charge in [0.2, 0.25) is 5.91 Å². The molecule has 0 unspecified atom stereocenters. The van der Waals surface area contributed by atoms with Crippen molar-refractivity contribution in [2.75, 3.05) is 60.9 Å². The maximum atomic E-state index is 12.4. The lowest BCUT2D eigenvalue weighted by Gasteiger charge is -2.35. The maximum absolute atomic E-state index is 12.4. The summed E-state index contributed by atoms with van der Waals surface area (Å²) in [7, 11) is 0. The topological polar surface area (TPSA) is 38.8 Å². The molecule has 0 radical (unpaired) electrons. The molecule has 0 spiro atoms. The van der Waals surface area contributed by atoms with E-state index in [1.165, 1.54) is 11.4 Å². The zero-order valence-corrected chi connectivity index (χ0v) is 17.5. The molecule has 0 aromatic heterocycles. The van der Waals surface area contributed by atoms with Crippen LogP contribution in [0.3, 0.4) is 0 Å². The number of piperazine rings is 1. The van der Waals surface area contributed by atoms with Crippen LogP contribution >= 0.6 is 11.6 Å². The van der Waals surface area contributed by atoms with Crippen LogP contribution in [0.2, 0.25) is 5.02 Å². The second kappa shape index (κ2) is 9.80. The van der Waals surface area contributed by atoms with Crippen LogP contribution in [0, 0.1) is 0 Å². The molecule has 1 aliphatic rings. The Hall–Kier alpha value is -2.24. The summed E-state index contributed by atoms with van der Waals surface area (Å²) in [6.45, 7) is 10.2. The van der Waals surface area contributed by atoms with Crippen molar-refractivity contribution in [3.63, 3.8) is 0 Å². The van der Waals surface area contributed by atoms with Crippen LogP contribution in [-0.4, -0.2) is 56.6 Å². The van der Waals surface area contributed by atoms with Gasteiger partial charge in [-0.2, -0.15) is 0 Å². The highest BCUT2D eigenvalue weighted by Crippen LogP contribution is 2.20. The van der Waals surface area contributed by atoms with Crippen LogP contribution in [0.5, 0.6) is 0 Å². The highest BCUT2D eigenvalue weighted by molar-refractivity contribution is 6.30. The Morgan fingerprint density at radius 3 is 2.14 bits per heavy atom. The zero-order chi connectivity index (χ0) is 19.9. The second-order valence-corrected chi connectivity index (χ2v) is 7.44. The number of halogens is 1. The van der Waals surface area contributed by atoms with Crippen LogP contribution in [-0.2, 0) is 4.79 Å². The number of nitrogens with one attached hydrogen (secondary N) is 1. The number of carbonyl (C=O) groups excluding carboxylic acids is 1. The van der Waals surface area contributed by atoms with Gasteiger partial charge in [-0.25, -0.2) is 0 Å². The van der Waals surface area contributed by atoms with Crippen molar-refractivity contribution in [1.82, 2.24) is 4.90 Å². The summed E-state index contributed by atoms with van der Waals surface area (Å²) >= 11 is 5.96. The number of hydrogen-bond donors (Lipinski definition) is 1. The molecule has 0 aliphatic carbocycles. The van der Waals surface area contributed by atoms with E-state index in [0.717, 1.165) is 50.0 Å². The van der Waals surface area contributed by atoms with Gasteiger partial charge in [-0.3, -0.25) is 9.69 Å². The van der Waals surface area contributed by atoms with Gasteiger partial charge in [-0.05, 0) is 62.4 Å². The monoisotopic (exact) mass is 400 g/mol. The first-order valence-corrected chi connectivity index (χ1v) is 10.3. The third-order valence-electron chi connectivity index (χ3n) is 5.21. The minimum absolute atomic E-state index is 0.0375. The fourth-order valence-corrected chi connectivity index (χ4v) is 3.69. The molecule has 28 heavy (non-hydrogen) atoms. The summed E-state index contributed by atoms with van der Waals surface area (Å²) in [5.41, 5.74) is 3.21. The molecule has 1 saturated heterocycles. The van der Waals surface area contributed by atoms with E-state index >= 15 is 0 Å². The average molecular weight is 401 g/mol.